The molecule has 0 aliphatic carbocycles. The van der Waals surface area contributed by atoms with Gasteiger partial charge in [0.2, 0.25) is 0 Å². The third-order valence-corrected chi connectivity index (χ3v) is 4.83. The largest absolute Gasteiger partial charge is 0.396 e. The van der Waals surface area contributed by atoms with Gasteiger partial charge in [-0.05, 0) is 37.5 Å². The van der Waals surface area contributed by atoms with Crippen LogP contribution >= 0.6 is 0 Å². The van der Waals surface area contributed by atoms with Gasteiger partial charge in [0.1, 0.15) is 0 Å². The van der Waals surface area contributed by atoms with Gasteiger partial charge in [0.15, 0.2) is 9.84 Å². The number of hydrogen-bond acceptors (Lipinski definition) is 4. The van der Waals surface area contributed by atoms with Crippen molar-refractivity contribution in [2.75, 3.05) is 17.7 Å². The van der Waals surface area contributed by atoms with Crippen LogP contribution in [-0.2, 0) is 9.84 Å². The Bertz CT molecular complexity index is 510. The lowest BCUT2D eigenvalue weighted by atomic mass is 10.1. The molecule has 4 nitrogen and oxygen atoms in total. The van der Waals surface area contributed by atoms with Crippen molar-refractivity contribution in [1.29, 1.82) is 0 Å². The van der Waals surface area contributed by atoms with Crippen LogP contribution in [0.4, 0.5) is 5.69 Å². The van der Waals surface area contributed by atoms with Crippen molar-refractivity contribution in [3.8, 4) is 0 Å². The molecular formula is C12H17NO3S. The SMILES string of the molecule is Cc1ccc2c(c1)NC(CCCO)CS2(=O)=O. The lowest BCUT2D eigenvalue weighted by Crippen LogP contribution is -2.34. The highest BCUT2D eigenvalue weighted by Crippen LogP contribution is 2.30. The molecule has 94 valence electrons. The Labute approximate surface area is 102 Å². The molecule has 0 bridgehead atoms. The van der Waals surface area contributed by atoms with Gasteiger partial charge in [-0.1, -0.05) is 6.07 Å². The van der Waals surface area contributed by atoms with E-state index in [1.54, 1.807) is 6.07 Å². The van der Waals surface area contributed by atoms with Crippen molar-refractivity contribution in [3.63, 3.8) is 0 Å². The van der Waals surface area contributed by atoms with Crippen LogP contribution in [0.25, 0.3) is 0 Å². The smallest absolute Gasteiger partial charge is 0.182 e. The molecule has 1 atom stereocenters. The summed E-state index contributed by atoms with van der Waals surface area (Å²) in [6.07, 6.45) is 1.29. The number of aliphatic hydroxyl groups excluding tert-OH is 1. The molecule has 1 aromatic carbocycles. The number of anilines is 1. The van der Waals surface area contributed by atoms with Crippen LogP contribution in [0, 0.1) is 6.92 Å². The molecule has 1 unspecified atom stereocenters. The number of hydrogen-bond donors (Lipinski definition) is 2. The third kappa shape index (κ3) is 2.61. The molecule has 1 aliphatic heterocycles. The second kappa shape index (κ2) is 4.66. The van der Waals surface area contributed by atoms with E-state index in [4.69, 9.17) is 5.11 Å². The molecule has 0 radical (unpaired) electrons. The average molecular weight is 255 g/mol. The number of fused-ring (bicyclic) bond motifs is 1. The van der Waals surface area contributed by atoms with Crippen LogP contribution in [-0.4, -0.2) is 31.9 Å². The molecule has 2 N–H and O–H groups in total. The van der Waals surface area contributed by atoms with E-state index in [1.165, 1.54) is 0 Å². The van der Waals surface area contributed by atoms with Crippen molar-refractivity contribution in [2.24, 2.45) is 0 Å². The Morgan fingerprint density at radius 1 is 1.47 bits per heavy atom. The Balaban J connectivity index is 2.32. The molecule has 0 saturated carbocycles. The fraction of sp³-hybridized carbons (Fsp3) is 0.500. The van der Waals surface area contributed by atoms with Crippen molar-refractivity contribution in [3.05, 3.63) is 23.8 Å². The summed E-state index contributed by atoms with van der Waals surface area (Å²) in [7, 11) is -3.18. The number of aryl methyl sites for hydroxylation is 1. The molecule has 0 spiro atoms. The zero-order valence-corrected chi connectivity index (χ0v) is 10.6. The zero-order valence-electron chi connectivity index (χ0n) is 9.81. The standard InChI is InChI=1S/C12H17NO3S/c1-9-4-5-12-11(7-9)13-10(3-2-6-14)8-17(12,15)16/h4-5,7,10,13-14H,2-3,6,8H2,1H3. The molecule has 0 amide bonds. The summed E-state index contributed by atoms with van der Waals surface area (Å²) in [4.78, 5) is 0.392. The minimum Gasteiger partial charge on any atom is -0.396 e. The highest BCUT2D eigenvalue weighted by atomic mass is 32.2. The van der Waals surface area contributed by atoms with E-state index in [1.807, 2.05) is 19.1 Å². The third-order valence-electron chi connectivity index (χ3n) is 2.96. The second-order valence-corrected chi connectivity index (χ2v) is 6.49. The average Bonchev–Trinajstić information content (AvgIpc) is 2.24. The summed E-state index contributed by atoms with van der Waals surface area (Å²) < 4.78 is 24.1. The van der Waals surface area contributed by atoms with Crippen LogP contribution < -0.4 is 5.32 Å². The van der Waals surface area contributed by atoms with Crippen molar-refractivity contribution in [2.45, 2.75) is 30.7 Å². The van der Waals surface area contributed by atoms with Crippen LogP contribution in [0.3, 0.4) is 0 Å². The van der Waals surface area contributed by atoms with Crippen LogP contribution in [0.2, 0.25) is 0 Å². The molecule has 2 rings (SSSR count). The summed E-state index contributed by atoms with van der Waals surface area (Å²) in [5.74, 6) is 0.114. The van der Waals surface area contributed by atoms with E-state index >= 15 is 0 Å². The minimum atomic E-state index is -3.18. The van der Waals surface area contributed by atoms with Gasteiger partial charge in [0.25, 0.3) is 0 Å². The summed E-state index contributed by atoms with van der Waals surface area (Å²) in [6, 6.07) is 5.24. The monoisotopic (exact) mass is 255 g/mol. The number of rotatable bonds is 3. The van der Waals surface area contributed by atoms with Gasteiger partial charge < -0.3 is 10.4 Å². The molecule has 1 aliphatic rings. The molecular weight excluding hydrogens is 238 g/mol. The van der Waals surface area contributed by atoms with Gasteiger partial charge >= 0.3 is 0 Å². The fourth-order valence-corrected chi connectivity index (χ4v) is 3.82. The maximum Gasteiger partial charge on any atom is 0.182 e. The molecule has 0 aromatic heterocycles. The van der Waals surface area contributed by atoms with Crippen LogP contribution in [0.15, 0.2) is 23.1 Å². The number of benzene rings is 1. The predicted molar refractivity (Wildman–Crippen MR) is 67.0 cm³/mol. The van der Waals surface area contributed by atoms with Gasteiger partial charge in [-0.15, -0.1) is 0 Å². The van der Waals surface area contributed by atoms with E-state index in [0.717, 1.165) is 5.56 Å². The highest BCUT2D eigenvalue weighted by molar-refractivity contribution is 7.91. The number of sulfone groups is 1. The molecule has 17 heavy (non-hydrogen) atoms. The van der Waals surface area contributed by atoms with Gasteiger partial charge in [0, 0.05) is 12.6 Å². The Hall–Kier alpha value is -1.07. The summed E-state index contributed by atoms with van der Waals surface area (Å²) in [5.41, 5.74) is 1.73. The molecule has 0 saturated heterocycles. The molecule has 0 fully saturated rings. The Morgan fingerprint density at radius 2 is 2.24 bits per heavy atom. The van der Waals surface area contributed by atoms with E-state index in [0.29, 0.717) is 23.4 Å². The van der Waals surface area contributed by atoms with E-state index in [9.17, 15) is 8.42 Å². The van der Waals surface area contributed by atoms with E-state index < -0.39 is 9.84 Å². The van der Waals surface area contributed by atoms with Gasteiger partial charge in [-0.2, -0.15) is 0 Å². The quantitative estimate of drug-likeness (QED) is 0.855. The first-order chi connectivity index (χ1) is 8.03. The summed E-state index contributed by atoms with van der Waals surface area (Å²) in [6.45, 7) is 2.03. The van der Waals surface area contributed by atoms with E-state index in [-0.39, 0.29) is 18.4 Å². The fourth-order valence-electron chi connectivity index (χ4n) is 2.14. The molecule has 5 heteroatoms. The van der Waals surface area contributed by atoms with Crippen molar-refractivity contribution in [1.82, 2.24) is 0 Å². The van der Waals surface area contributed by atoms with Crippen LogP contribution in [0.5, 0.6) is 0 Å². The van der Waals surface area contributed by atoms with Gasteiger partial charge in [-0.25, -0.2) is 8.42 Å². The maximum absolute atomic E-state index is 12.1. The summed E-state index contributed by atoms with van der Waals surface area (Å²) in [5, 5.41) is 12.0. The molecule has 1 heterocycles. The first kappa shape index (κ1) is 12.4. The topological polar surface area (TPSA) is 66.4 Å². The predicted octanol–water partition coefficient (Wildman–Crippen LogP) is 1.34. The van der Waals surface area contributed by atoms with E-state index in [2.05, 4.69) is 5.32 Å². The highest BCUT2D eigenvalue weighted by Gasteiger charge is 2.29. The van der Waals surface area contributed by atoms with Crippen molar-refractivity contribution < 1.29 is 13.5 Å². The maximum atomic E-state index is 12.1. The van der Waals surface area contributed by atoms with Crippen molar-refractivity contribution >= 4 is 15.5 Å². The Morgan fingerprint density at radius 3 is 2.94 bits per heavy atom. The van der Waals surface area contributed by atoms with Gasteiger partial charge in [-0.3, -0.25) is 0 Å². The van der Waals surface area contributed by atoms with Crippen LogP contribution in [0.1, 0.15) is 18.4 Å². The second-order valence-electron chi connectivity index (χ2n) is 4.49. The first-order valence-corrected chi connectivity index (χ1v) is 7.39. The Kier molecular flexibility index (Phi) is 3.40. The zero-order chi connectivity index (χ0) is 12.5. The first-order valence-electron chi connectivity index (χ1n) is 5.74. The molecule has 1 aromatic rings. The number of aliphatic hydroxyl groups is 1. The lowest BCUT2D eigenvalue weighted by molar-refractivity contribution is 0.282. The minimum absolute atomic E-state index is 0.0959. The lowest BCUT2D eigenvalue weighted by Gasteiger charge is -2.27. The number of nitrogens with one attached hydrogen (secondary N) is 1. The summed E-state index contributed by atoms with van der Waals surface area (Å²) >= 11 is 0. The normalized spacial score (nSPS) is 21.6. The van der Waals surface area contributed by atoms with Gasteiger partial charge in [0.05, 0.1) is 16.3 Å².